The fourth-order valence-electron chi connectivity index (χ4n) is 1.05. The first-order valence-corrected chi connectivity index (χ1v) is 4.41. The van der Waals surface area contributed by atoms with Gasteiger partial charge in [0.25, 0.3) is 0 Å². The van der Waals surface area contributed by atoms with Crippen molar-refractivity contribution < 1.29 is 0 Å². The molecule has 1 atom stereocenters. The second kappa shape index (κ2) is 2.21. The Morgan fingerprint density at radius 3 is 2.20 bits per heavy atom. The molecule has 0 radical (unpaired) electrons. The Bertz CT molecular complexity index is 272. The summed E-state index contributed by atoms with van der Waals surface area (Å²) >= 11 is 0. The second-order valence-electron chi connectivity index (χ2n) is 2.49. The Labute approximate surface area is 62.7 Å². The van der Waals surface area contributed by atoms with Crippen LogP contribution in [0, 0.1) is 0 Å². The Morgan fingerprint density at radius 2 is 1.70 bits per heavy atom. The van der Waals surface area contributed by atoms with Crippen LogP contribution in [0.3, 0.4) is 0 Å². The maximum absolute atomic E-state index is 2.21. The zero-order valence-corrected chi connectivity index (χ0v) is 6.89. The predicted octanol–water partition coefficient (Wildman–Crippen LogP) is 3.07. The van der Waals surface area contributed by atoms with Gasteiger partial charge < -0.3 is 0 Å². The lowest BCUT2D eigenvalue weighted by atomic mass is 10.2. The third-order valence-corrected chi connectivity index (χ3v) is 2.98. The van der Waals surface area contributed by atoms with Gasteiger partial charge in [0.05, 0.1) is 0 Å². The minimum absolute atomic E-state index is 1.01. The van der Waals surface area contributed by atoms with Crippen molar-refractivity contribution in [3.05, 3.63) is 41.2 Å². The maximum atomic E-state index is 2.21. The van der Waals surface area contributed by atoms with Crippen molar-refractivity contribution in [2.75, 3.05) is 0 Å². The van der Waals surface area contributed by atoms with Gasteiger partial charge in [-0.3, -0.25) is 0 Å². The van der Waals surface area contributed by atoms with Crippen molar-refractivity contribution in [2.45, 2.75) is 6.92 Å². The van der Waals surface area contributed by atoms with Crippen LogP contribution < -0.4 is 0 Å². The van der Waals surface area contributed by atoms with E-state index >= 15 is 0 Å². The second-order valence-corrected chi connectivity index (χ2v) is 3.99. The van der Waals surface area contributed by atoms with Gasteiger partial charge in [0.15, 0.2) is 0 Å². The summed E-state index contributed by atoms with van der Waals surface area (Å²) in [4.78, 5) is 0. The fourth-order valence-corrected chi connectivity index (χ4v) is 1.82. The molecular weight excluding hydrogens is 139 g/mol. The molecule has 1 aromatic carbocycles. The molecule has 1 heteroatoms. The van der Waals surface area contributed by atoms with Crippen LogP contribution in [0.2, 0.25) is 0 Å². The van der Waals surface area contributed by atoms with Gasteiger partial charge in [-0.1, -0.05) is 38.9 Å². The zero-order chi connectivity index (χ0) is 6.97. The molecule has 2 rings (SSSR count). The molecule has 0 aromatic heterocycles. The normalized spacial score (nSPS) is 18.1. The minimum atomic E-state index is 1.01. The molecule has 1 unspecified atom stereocenters. The van der Waals surface area contributed by atoms with Crippen LogP contribution in [-0.4, -0.2) is 0 Å². The van der Waals surface area contributed by atoms with Crippen molar-refractivity contribution in [2.24, 2.45) is 0 Å². The van der Waals surface area contributed by atoms with E-state index in [1.165, 1.54) is 5.56 Å². The third-order valence-electron chi connectivity index (χ3n) is 1.69. The van der Waals surface area contributed by atoms with Gasteiger partial charge in [-0.15, -0.1) is 0 Å². The van der Waals surface area contributed by atoms with Gasteiger partial charge in [-0.2, -0.15) is 0 Å². The predicted molar refractivity (Wildman–Crippen MR) is 47.4 cm³/mol. The molecular formula is C9H9P. The van der Waals surface area contributed by atoms with Gasteiger partial charge in [-0.25, -0.2) is 0 Å². The smallest absolute Gasteiger partial charge is 0.0123 e. The van der Waals surface area contributed by atoms with Crippen LogP contribution >= 0.6 is 8.58 Å². The summed E-state index contributed by atoms with van der Waals surface area (Å²) in [5, 5.41) is 3.15. The van der Waals surface area contributed by atoms with Gasteiger partial charge in [0, 0.05) is 0 Å². The first-order valence-electron chi connectivity index (χ1n) is 3.41. The van der Waals surface area contributed by atoms with E-state index in [0.29, 0.717) is 0 Å². The van der Waals surface area contributed by atoms with Crippen LogP contribution in [-0.2, 0) is 0 Å². The van der Waals surface area contributed by atoms with E-state index in [4.69, 9.17) is 0 Å². The van der Waals surface area contributed by atoms with Gasteiger partial charge in [0.2, 0.25) is 0 Å². The number of hydrogen-bond donors (Lipinski definition) is 0. The zero-order valence-electron chi connectivity index (χ0n) is 5.89. The average Bonchev–Trinajstić information content (AvgIpc) is 2.69. The molecule has 1 heterocycles. The monoisotopic (exact) mass is 148 g/mol. The first kappa shape index (κ1) is 6.12. The molecule has 0 saturated carbocycles. The van der Waals surface area contributed by atoms with Gasteiger partial charge in [-0.05, 0) is 23.1 Å². The Balaban J connectivity index is 2.37. The van der Waals surface area contributed by atoms with Gasteiger partial charge >= 0.3 is 0 Å². The summed E-state index contributed by atoms with van der Waals surface area (Å²) in [5.41, 5.74) is 1.42. The van der Waals surface area contributed by atoms with E-state index in [2.05, 4.69) is 37.3 Å². The van der Waals surface area contributed by atoms with E-state index in [1.807, 2.05) is 0 Å². The molecule has 10 heavy (non-hydrogen) atoms. The molecule has 0 aliphatic carbocycles. The molecule has 1 aromatic rings. The SMILES string of the molecule is CC1=C(c2ccccc2)P1. The highest BCUT2D eigenvalue weighted by molar-refractivity contribution is 7.65. The lowest BCUT2D eigenvalue weighted by molar-refractivity contribution is 1.64. The summed E-state index contributed by atoms with van der Waals surface area (Å²) in [6.07, 6.45) is 0. The number of benzene rings is 1. The highest BCUT2D eigenvalue weighted by Crippen LogP contribution is 2.58. The molecule has 50 valence electrons. The largest absolute Gasteiger partial charge is 0.0622 e. The van der Waals surface area contributed by atoms with E-state index < -0.39 is 0 Å². The number of hydrogen-bond acceptors (Lipinski definition) is 0. The van der Waals surface area contributed by atoms with Crippen LogP contribution in [0.1, 0.15) is 12.5 Å². The van der Waals surface area contributed by atoms with Crippen molar-refractivity contribution in [1.29, 1.82) is 0 Å². The summed E-state index contributed by atoms with van der Waals surface area (Å²) in [7, 11) is 1.01. The van der Waals surface area contributed by atoms with Crippen LogP contribution in [0.5, 0.6) is 0 Å². The minimum Gasteiger partial charge on any atom is -0.0622 e. The van der Waals surface area contributed by atoms with Crippen molar-refractivity contribution in [1.82, 2.24) is 0 Å². The van der Waals surface area contributed by atoms with E-state index in [-0.39, 0.29) is 0 Å². The number of rotatable bonds is 1. The summed E-state index contributed by atoms with van der Waals surface area (Å²) in [6, 6.07) is 10.6. The molecule has 0 spiro atoms. The van der Waals surface area contributed by atoms with Crippen LogP contribution in [0.15, 0.2) is 35.6 Å². The van der Waals surface area contributed by atoms with Crippen molar-refractivity contribution in [3.8, 4) is 0 Å². The molecule has 0 fully saturated rings. The molecule has 1 aliphatic heterocycles. The van der Waals surface area contributed by atoms with Gasteiger partial charge in [0.1, 0.15) is 0 Å². The number of allylic oxidation sites excluding steroid dienone is 1. The highest BCUT2D eigenvalue weighted by atomic mass is 31.1. The molecule has 0 amide bonds. The van der Waals surface area contributed by atoms with Crippen LogP contribution in [0.4, 0.5) is 0 Å². The standard InChI is InChI=1S/C9H9P/c1-7-9(10-7)8-5-3-2-4-6-8/h2-6,10H,1H3. The maximum Gasteiger partial charge on any atom is -0.0123 e. The quantitative estimate of drug-likeness (QED) is 0.537. The topological polar surface area (TPSA) is 0 Å². The van der Waals surface area contributed by atoms with E-state index in [0.717, 1.165) is 8.58 Å². The Hall–Kier alpha value is -0.610. The Kier molecular flexibility index (Phi) is 1.35. The average molecular weight is 148 g/mol. The van der Waals surface area contributed by atoms with E-state index in [1.54, 1.807) is 10.6 Å². The lowest BCUT2D eigenvalue weighted by Crippen LogP contribution is -1.66. The molecule has 1 aliphatic rings. The highest BCUT2D eigenvalue weighted by Gasteiger charge is 2.17. The van der Waals surface area contributed by atoms with Crippen LogP contribution in [0.25, 0.3) is 5.31 Å². The summed E-state index contributed by atoms with van der Waals surface area (Å²) < 4.78 is 0. The summed E-state index contributed by atoms with van der Waals surface area (Å²) in [6.45, 7) is 2.21. The molecule has 0 saturated heterocycles. The van der Waals surface area contributed by atoms with E-state index in [9.17, 15) is 0 Å². The summed E-state index contributed by atoms with van der Waals surface area (Å²) in [5.74, 6) is 0. The molecule has 0 nitrogen and oxygen atoms in total. The van der Waals surface area contributed by atoms with Crippen molar-refractivity contribution in [3.63, 3.8) is 0 Å². The Morgan fingerprint density at radius 1 is 1.10 bits per heavy atom. The van der Waals surface area contributed by atoms with Crippen molar-refractivity contribution >= 4 is 13.9 Å². The lowest BCUT2D eigenvalue weighted by Gasteiger charge is -1.88. The third kappa shape index (κ3) is 0.998. The fraction of sp³-hybridized carbons (Fsp3) is 0.111. The molecule has 0 N–H and O–H groups in total. The molecule has 0 bridgehead atoms. The first-order chi connectivity index (χ1) is 4.88.